The zero-order chi connectivity index (χ0) is 17.6. The van der Waals surface area contributed by atoms with E-state index in [1.807, 2.05) is 30.3 Å². The Labute approximate surface area is 147 Å². The van der Waals surface area contributed by atoms with Gasteiger partial charge in [0.1, 0.15) is 18.0 Å². The summed E-state index contributed by atoms with van der Waals surface area (Å²) in [6, 6.07) is 12.5. The third-order valence-corrected chi connectivity index (χ3v) is 4.65. The molecule has 0 saturated heterocycles. The molecule has 0 bridgehead atoms. The summed E-state index contributed by atoms with van der Waals surface area (Å²) < 4.78 is 6.00. The molecule has 3 rings (SSSR count). The van der Waals surface area contributed by atoms with Crippen molar-refractivity contribution in [2.75, 3.05) is 7.05 Å². The number of para-hydroxylation sites is 1. The molecule has 1 aliphatic rings. The molecule has 1 amide bonds. The lowest BCUT2D eigenvalue weighted by Gasteiger charge is -2.34. The Bertz CT molecular complexity index is 681. The third-order valence-electron chi connectivity index (χ3n) is 4.65. The van der Waals surface area contributed by atoms with Gasteiger partial charge in [-0.1, -0.05) is 24.6 Å². The maximum Gasteiger partial charge on any atom is 0.274 e. The third kappa shape index (κ3) is 4.14. The Hall–Kier alpha value is -2.47. The smallest absolute Gasteiger partial charge is 0.274 e. The summed E-state index contributed by atoms with van der Waals surface area (Å²) in [4.78, 5) is 14.2. The van der Waals surface area contributed by atoms with Crippen LogP contribution >= 0.6 is 0 Å². The van der Waals surface area contributed by atoms with Crippen molar-refractivity contribution in [3.8, 4) is 5.75 Å². The summed E-state index contributed by atoms with van der Waals surface area (Å²) >= 11 is 0. The van der Waals surface area contributed by atoms with Crippen LogP contribution in [0, 0.1) is 0 Å². The molecule has 1 saturated carbocycles. The van der Waals surface area contributed by atoms with Gasteiger partial charge in [0, 0.05) is 13.2 Å². The summed E-state index contributed by atoms with van der Waals surface area (Å²) in [6.45, 7) is 0. The van der Waals surface area contributed by atoms with Crippen molar-refractivity contribution < 1.29 is 14.6 Å². The second kappa shape index (κ2) is 8.07. The zero-order valence-corrected chi connectivity index (χ0v) is 14.3. The monoisotopic (exact) mass is 341 g/mol. The first-order chi connectivity index (χ1) is 12.2. The van der Waals surface area contributed by atoms with Crippen molar-refractivity contribution in [3.05, 3.63) is 54.4 Å². The average Bonchev–Trinajstić information content (AvgIpc) is 2.84. The minimum atomic E-state index is -0.756. The van der Waals surface area contributed by atoms with Crippen LogP contribution in [0.3, 0.4) is 0 Å². The molecule has 3 atom stereocenters. The molecule has 132 valence electrons. The van der Waals surface area contributed by atoms with E-state index in [0.717, 1.165) is 31.4 Å². The average molecular weight is 341 g/mol. The lowest BCUT2D eigenvalue weighted by molar-refractivity contribution is -0.0144. The second-order valence-electron chi connectivity index (χ2n) is 6.34. The van der Waals surface area contributed by atoms with Crippen LogP contribution in [0.4, 0.5) is 0 Å². The van der Waals surface area contributed by atoms with Crippen molar-refractivity contribution in [2.45, 2.75) is 43.9 Å². The summed E-state index contributed by atoms with van der Waals surface area (Å²) in [6.07, 6.45) is 3.83. The highest BCUT2D eigenvalue weighted by molar-refractivity contribution is 5.92. The number of ether oxygens (including phenoxy) is 1. The van der Waals surface area contributed by atoms with Crippen LogP contribution in [0.15, 0.2) is 48.7 Å². The van der Waals surface area contributed by atoms with Crippen molar-refractivity contribution in [2.24, 2.45) is 0 Å². The standard InChI is InChI=1S/C19H23N3O3/c1-22(19(24)15-10-7-13-20-21-15)16-11-5-6-12-17(18(16)23)25-14-8-3-2-4-9-14/h2-4,7-10,13,16-18,23H,5-6,11-12H2,1H3/t16-,17-,18-/m1/s1. The molecule has 6 heteroatoms. The van der Waals surface area contributed by atoms with E-state index in [0.29, 0.717) is 0 Å². The molecule has 0 spiro atoms. The molecule has 25 heavy (non-hydrogen) atoms. The lowest BCUT2D eigenvalue weighted by Crippen LogP contribution is -2.50. The van der Waals surface area contributed by atoms with Gasteiger partial charge in [-0.05, 0) is 43.5 Å². The number of hydrogen-bond acceptors (Lipinski definition) is 5. The number of aromatic nitrogens is 2. The highest BCUT2D eigenvalue weighted by Crippen LogP contribution is 2.26. The maximum atomic E-state index is 12.6. The minimum Gasteiger partial charge on any atom is -0.488 e. The molecule has 1 fully saturated rings. The van der Waals surface area contributed by atoms with E-state index in [9.17, 15) is 9.90 Å². The minimum absolute atomic E-state index is 0.238. The molecule has 0 unspecified atom stereocenters. The molecule has 1 heterocycles. The lowest BCUT2D eigenvalue weighted by atomic mass is 10.0. The molecule has 2 aromatic rings. The van der Waals surface area contributed by atoms with Gasteiger partial charge < -0.3 is 14.7 Å². The zero-order valence-electron chi connectivity index (χ0n) is 14.3. The number of benzene rings is 1. The number of aliphatic hydroxyl groups is 1. The van der Waals surface area contributed by atoms with E-state index in [1.165, 1.54) is 6.20 Å². The van der Waals surface area contributed by atoms with E-state index in [1.54, 1.807) is 24.1 Å². The first-order valence-electron chi connectivity index (χ1n) is 8.61. The molecule has 1 aliphatic carbocycles. The largest absolute Gasteiger partial charge is 0.488 e. The van der Waals surface area contributed by atoms with Gasteiger partial charge >= 0.3 is 0 Å². The topological polar surface area (TPSA) is 75.6 Å². The van der Waals surface area contributed by atoms with E-state index < -0.39 is 6.10 Å². The molecule has 0 radical (unpaired) electrons. The highest BCUT2D eigenvalue weighted by atomic mass is 16.5. The van der Waals surface area contributed by atoms with Crippen LogP contribution in [0.5, 0.6) is 5.75 Å². The van der Waals surface area contributed by atoms with Gasteiger partial charge in [0.05, 0.1) is 6.04 Å². The van der Waals surface area contributed by atoms with Gasteiger partial charge in [0.15, 0.2) is 5.69 Å². The molecule has 1 aromatic heterocycles. The van der Waals surface area contributed by atoms with Gasteiger partial charge in [-0.25, -0.2) is 0 Å². The van der Waals surface area contributed by atoms with Crippen molar-refractivity contribution in [1.82, 2.24) is 15.1 Å². The summed E-state index contributed by atoms with van der Waals surface area (Å²) in [5, 5.41) is 18.5. The van der Waals surface area contributed by atoms with Crippen LogP contribution in [-0.4, -0.2) is 51.4 Å². The Kier molecular flexibility index (Phi) is 5.60. The predicted octanol–water partition coefficient (Wildman–Crippen LogP) is 2.30. The van der Waals surface area contributed by atoms with Gasteiger partial charge in [-0.2, -0.15) is 5.10 Å². The highest BCUT2D eigenvalue weighted by Gasteiger charge is 2.36. The van der Waals surface area contributed by atoms with Crippen LogP contribution in [0.1, 0.15) is 36.2 Å². The maximum absolute atomic E-state index is 12.6. The molecular formula is C19H23N3O3. The number of hydrogen-bond donors (Lipinski definition) is 1. The quantitative estimate of drug-likeness (QED) is 0.864. The van der Waals surface area contributed by atoms with Gasteiger partial charge in [0.2, 0.25) is 0 Å². The van der Waals surface area contributed by atoms with Gasteiger partial charge in [0.25, 0.3) is 5.91 Å². The summed E-state index contributed by atoms with van der Waals surface area (Å²) in [7, 11) is 1.70. The van der Waals surface area contributed by atoms with Crippen LogP contribution in [-0.2, 0) is 0 Å². The Balaban J connectivity index is 1.74. The number of carbonyl (C=O) groups is 1. The van der Waals surface area contributed by atoms with Crippen molar-refractivity contribution in [1.29, 1.82) is 0 Å². The molecular weight excluding hydrogens is 318 g/mol. The Morgan fingerprint density at radius 1 is 1.16 bits per heavy atom. The number of amides is 1. The Morgan fingerprint density at radius 3 is 2.64 bits per heavy atom. The van der Waals surface area contributed by atoms with E-state index in [-0.39, 0.29) is 23.7 Å². The van der Waals surface area contributed by atoms with E-state index in [4.69, 9.17) is 4.74 Å². The van der Waals surface area contributed by atoms with Gasteiger partial charge in [-0.3, -0.25) is 4.79 Å². The van der Waals surface area contributed by atoms with E-state index >= 15 is 0 Å². The van der Waals surface area contributed by atoms with Crippen molar-refractivity contribution >= 4 is 5.91 Å². The fourth-order valence-electron chi connectivity index (χ4n) is 3.26. The number of likely N-dealkylation sites (N-methyl/N-ethyl adjacent to an activating group) is 1. The number of nitrogens with zero attached hydrogens (tertiary/aromatic N) is 3. The molecule has 1 aromatic carbocycles. The number of aliphatic hydroxyl groups excluding tert-OH is 1. The first-order valence-corrected chi connectivity index (χ1v) is 8.61. The van der Waals surface area contributed by atoms with Crippen LogP contribution in [0.25, 0.3) is 0 Å². The van der Waals surface area contributed by atoms with Gasteiger partial charge in [-0.15, -0.1) is 5.10 Å². The Morgan fingerprint density at radius 2 is 1.92 bits per heavy atom. The summed E-state index contributed by atoms with van der Waals surface area (Å²) in [5.41, 5.74) is 0.280. The SMILES string of the molecule is CN(C(=O)c1cccnn1)[C@@H]1CCCC[C@@H](Oc2ccccc2)[C@@H]1O. The van der Waals surface area contributed by atoms with Crippen LogP contribution < -0.4 is 4.74 Å². The fraction of sp³-hybridized carbons (Fsp3) is 0.421. The van der Waals surface area contributed by atoms with Crippen molar-refractivity contribution in [3.63, 3.8) is 0 Å². The summed E-state index contributed by atoms with van der Waals surface area (Å²) in [5.74, 6) is 0.493. The fourth-order valence-corrected chi connectivity index (χ4v) is 3.26. The predicted molar refractivity (Wildman–Crippen MR) is 93.2 cm³/mol. The number of carbonyl (C=O) groups excluding carboxylic acids is 1. The number of rotatable bonds is 4. The van der Waals surface area contributed by atoms with Crippen LogP contribution in [0.2, 0.25) is 0 Å². The second-order valence-corrected chi connectivity index (χ2v) is 6.34. The normalized spacial score (nSPS) is 23.5. The first kappa shape index (κ1) is 17.4. The molecule has 1 N–H and O–H groups in total. The molecule has 0 aliphatic heterocycles. The molecule has 6 nitrogen and oxygen atoms in total. The van der Waals surface area contributed by atoms with E-state index in [2.05, 4.69) is 10.2 Å².